The molecule has 5 heteroatoms. The van der Waals surface area contributed by atoms with E-state index in [0.29, 0.717) is 5.92 Å². The number of halogens is 1. The van der Waals surface area contributed by atoms with Gasteiger partial charge in [0.05, 0.1) is 0 Å². The normalized spacial score (nSPS) is 41.3. The largest absolute Gasteiger partial charge is 0.368 e. The molecule has 4 fully saturated rings. The molecule has 0 unspecified atom stereocenters. The van der Waals surface area contributed by atoms with E-state index in [1.807, 2.05) is 0 Å². The average Bonchev–Trinajstić information content (AvgIpc) is 2.25. The number of rotatable bonds is 1. The van der Waals surface area contributed by atoms with E-state index >= 15 is 0 Å². The Balaban J connectivity index is 1.72. The molecule has 5 rings (SSSR count). The van der Waals surface area contributed by atoms with Crippen molar-refractivity contribution in [3.8, 4) is 0 Å². The zero-order chi connectivity index (χ0) is 12.3. The van der Waals surface area contributed by atoms with Crippen LogP contribution >= 0.6 is 11.6 Å². The quantitative estimate of drug-likeness (QED) is 0.847. The fraction of sp³-hybridized carbons (Fsp3) is 0.769. The molecule has 18 heavy (non-hydrogen) atoms. The van der Waals surface area contributed by atoms with E-state index in [-0.39, 0.29) is 11.2 Å². The Hall–Kier alpha value is -0.900. The number of nitrogens with two attached hydrogens (primary N) is 1. The Morgan fingerprint density at radius 3 is 2.06 bits per heavy atom. The van der Waals surface area contributed by atoms with Crippen molar-refractivity contribution in [2.45, 2.75) is 38.0 Å². The lowest BCUT2D eigenvalue weighted by molar-refractivity contribution is -0.00565. The van der Waals surface area contributed by atoms with Crippen LogP contribution < -0.4 is 5.73 Å². The molecular weight excluding hydrogens is 248 g/mol. The van der Waals surface area contributed by atoms with Gasteiger partial charge in [0, 0.05) is 5.92 Å². The van der Waals surface area contributed by atoms with E-state index in [2.05, 4.69) is 15.0 Å². The number of nitrogens with zero attached hydrogens (tertiary/aromatic N) is 3. The van der Waals surface area contributed by atoms with Crippen molar-refractivity contribution >= 4 is 17.5 Å². The standard InChI is InChI=1S/C13H17ClN4/c14-12-16-11(17-13(15)18-12)10-8-2-6-1-7(4-8)5-9(10)3-6/h6-10H,1-5H2,(H2,15,16,17,18). The molecule has 1 aromatic rings. The fourth-order valence-corrected chi connectivity index (χ4v) is 5.05. The molecule has 4 aliphatic rings. The Morgan fingerprint density at radius 1 is 0.889 bits per heavy atom. The second kappa shape index (κ2) is 3.80. The summed E-state index contributed by atoms with van der Waals surface area (Å²) in [4.78, 5) is 12.6. The van der Waals surface area contributed by atoms with Gasteiger partial charge in [-0.3, -0.25) is 0 Å². The van der Waals surface area contributed by atoms with Crippen LogP contribution in [0.2, 0.25) is 5.28 Å². The molecule has 4 saturated carbocycles. The predicted octanol–water partition coefficient (Wildman–Crippen LogP) is 2.65. The molecular formula is C13H17ClN4. The molecule has 0 saturated heterocycles. The Bertz CT molecular complexity index is 442. The first-order valence-corrected chi connectivity index (χ1v) is 7.24. The van der Waals surface area contributed by atoms with Gasteiger partial charge in [-0.1, -0.05) is 0 Å². The molecule has 0 aromatic carbocycles. The number of anilines is 1. The van der Waals surface area contributed by atoms with Gasteiger partial charge in [0.2, 0.25) is 11.2 Å². The van der Waals surface area contributed by atoms with Crippen LogP contribution in [0.3, 0.4) is 0 Å². The van der Waals surface area contributed by atoms with Gasteiger partial charge in [0.15, 0.2) is 0 Å². The van der Waals surface area contributed by atoms with Crippen molar-refractivity contribution < 1.29 is 0 Å². The third-order valence-electron chi connectivity index (χ3n) is 5.17. The zero-order valence-corrected chi connectivity index (χ0v) is 11.0. The fourth-order valence-electron chi connectivity index (χ4n) is 4.88. The molecule has 1 heterocycles. The Kier molecular flexibility index (Phi) is 2.31. The van der Waals surface area contributed by atoms with Crippen LogP contribution in [0.15, 0.2) is 0 Å². The molecule has 96 valence electrons. The maximum absolute atomic E-state index is 5.92. The summed E-state index contributed by atoms with van der Waals surface area (Å²) in [6, 6.07) is 0. The minimum absolute atomic E-state index is 0.242. The zero-order valence-electron chi connectivity index (χ0n) is 10.2. The minimum Gasteiger partial charge on any atom is -0.368 e. The highest BCUT2D eigenvalue weighted by Gasteiger charge is 2.49. The lowest BCUT2D eigenvalue weighted by atomic mass is 9.51. The van der Waals surface area contributed by atoms with Crippen LogP contribution in [-0.2, 0) is 0 Å². The van der Waals surface area contributed by atoms with Crippen molar-refractivity contribution in [3.05, 3.63) is 11.1 Å². The molecule has 0 radical (unpaired) electrons. The van der Waals surface area contributed by atoms with E-state index in [1.165, 1.54) is 32.1 Å². The van der Waals surface area contributed by atoms with E-state index in [1.54, 1.807) is 0 Å². The van der Waals surface area contributed by atoms with E-state index in [9.17, 15) is 0 Å². The van der Waals surface area contributed by atoms with E-state index < -0.39 is 0 Å². The predicted molar refractivity (Wildman–Crippen MR) is 69.0 cm³/mol. The van der Waals surface area contributed by atoms with Crippen molar-refractivity contribution in [1.82, 2.24) is 15.0 Å². The van der Waals surface area contributed by atoms with Gasteiger partial charge in [0.1, 0.15) is 5.82 Å². The highest BCUT2D eigenvalue weighted by atomic mass is 35.5. The number of nitrogen functional groups attached to an aromatic ring is 1. The molecule has 0 amide bonds. The highest BCUT2D eigenvalue weighted by Crippen LogP contribution is 2.59. The Labute approximate surface area is 111 Å². The van der Waals surface area contributed by atoms with Crippen molar-refractivity contribution in [1.29, 1.82) is 0 Å². The monoisotopic (exact) mass is 264 g/mol. The summed E-state index contributed by atoms with van der Waals surface area (Å²) in [6.45, 7) is 0. The van der Waals surface area contributed by atoms with Crippen LogP contribution in [0.4, 0.5) is 5.95 Å². The maximum atomic E-state index is 5.92. The third kappa shape index (κ3) is 1.62. The van der Waals surface area contributed by atoms with E-state index in [0.717, 1.165) is 29.5 Å². The summed E-state index contributed by atoms with van der Waals surface area (Å²) in [5.74, 6) is 5.00. The second-order valence-corrected chi connectivity index (χ2v) is 6.62. The van der Waals surface area contributed by atoms with Gasteiger partial charge in [-0.25, -0.2) is 4.98 Å². The summed E-state index contributed by atoms with van der Waals surface area (Å²) >= 11 is 5.92. The number of hydrogen-bond donors (Lipinski definition) is 1. The molecule has 4 bridgehead atoms. The summed E-state index contributed by atoms with van der Waals surface area (Å²) in [5, 5.41) is 0.242. The summed E-state index contributed by atoms with van der Waals surface area (Å²) in [5.41, 5.74) is 5.71. The smallest absolute Gasteiger partial charge is 0.227 e. The van der Waals surface area contributed by atoms with Gasteiger partial charge < -0.3 is 5.73 Å². The van der Waals surface area contributed by atoms with Gasteiger partial charge in [-0.05, 0) is 67.4 Å². The summed E-state index contributed by atoms with van der Waals surface area (Å²) in [6.07, 6.45) is 6.85. The van der Waals surface area contributed by atoms with Crippen LogP contribution in [0.25, 0.3) is 0 Å². The first-order chi connectivity index (χ1) is 8.69. The van der Waals surface area contributed by atoms with Gasteiger partial charge in [-0.15, -0.1) is 0 Å². The minimum atomic E-state index is 0.242. The topological polar surface area (TPSA) is 64.7 Å². The molecule has 4 aliphatic carbocycles. The lowest BCUT2D eigenvalue weighted by Gasteiger charge is -2.53. The maximum Gasteiger partial charge on any atom is 0.227 e. The van der Waals surface area contributed by atoms with Gasteiger partial charge in [0.25, 0.3) is 0 Å². The summed E-state index contributed by atoms with van der Waals surface area (Å²) < 4.78 is 0. The number of aromatic nitrogens is 3. The molecule has 0 spiro atoms. The van der Waals surface area contributed by atoms with E-state index in [4.69, 9.17) is 17.3 Å². The SMILES string of the molecule is Nc1nc(Cl)nc(C2C3CC4CC(C3)CC2C4)n1. The number of hydrogen-bond acceptors (Lipinski definition) is 4. The van der Waals surface area contributed by atoms with Crippen molar-refractivity contribution in [2.75, 3.05) is 5.73 Å². The first kappa shape index (κ1) is 11.0. The van der Waals surface area contributed by atoms with Crippen LogP contribution in [-0.4, -0.2) is 15.0 Å². The first-order valence-electron chi connectivity index (χ1n) is 6.86. The Morgan fingerprint density at radius 2 is 1.50 bits per heavy atom. The second-order valence-electron chi connectivity index (χ2n) is 6.28. The lowest BCUT2D eigenvalue weighted by Crippen LogP contribution is -2.44. The average molecular weight is 265 g/mol. The van der Waals surface area contributed by atoms with Crippen molar-refractivity contribution in [3.63, 3.8) is 0 Å². The molecule has 1 aromatic heterocycles. The van der Waals surface area contributed by atoms with Crippen LogP contribution in [0, 0.1) is 23.7 Å². The molecule has 0 atom stereocenters. The highest BCUT2D eigenvalue weighted by molar-refractivity contribution is 6.28. The van der Waals surface area contributed by atoms with Crippen LogP contribution in [0.5, 0.6) is 0 Å². The van der Waals surface area contributed by atoms with Crippen molar-refractivity contribution in [2.24, 2.45) is 23.7 Å². The molecule has 0 aliphatic heterocycles. The van der Waals surface area contributed by atoms with Crippen LogP contribution in [0.1, 0.15) is 43.8 Å². The van der Waals surface area contributed by atoms with Gasteiger partial charge in [-0.2, -0.15) is 9.97 Å². The third-order valence-corrected chi connectivity index (χ3v) is 5.34. The van der Waals surface area contributed by atoms with Gasteiger partial charge >= 0.3 is 0 Å². The summed E-state index contributed by atoms with van der Waals surface area (Å²) in [7, 11) is 0. The molecule has 4 nitrogen and oxygen atoms in total. The molecule has 2 N–H and O–H groups in total.